The first-order valence-electron chi connectivity index (χ1n) is 13.4. The van der Waals surface area contributed by atoms with Gasteiger partial charge in [-0.1, -0.05) is 26.8 Å². The van der Waals surface area contributed by atoms with E-state index in [9.17, 15) is 4.79 Å². The quantitative estimate of drug-likeness (QED) is 0.289. The molecule has 3 N–H and O–H groups in total. The van der Waals surface area contributed by atoms with Gasteiger partial charge in [-0.2, -0.15) is 5.10 Å². The van der Waals surface area contributed by atoms with E-state index in [1.54, 1.807) is 6.20 Å². The lowest BCUT2D eigenvalue weighted by molar-refractivity contribution is -0.117. The molecule has 5 aromatic rings. The van der Waals surface area contributed by atoms with Crippen LogP contribution in [0.25, 0.3) is 44.3 Å². The molecule has 1 aliphatic rings. The highest BCUT2D eigenvalue weighted by Gasteiger charge is 2.20. The summed E-state index contributed by atoms with van der Waals surface area (Å²) in [5, 5.41) is 13.0. The average Bonchev–Trinajstić information content (AvgIpc) is 3.52. The highest BCUT2D eigenvalue weighted by Crippen LogP contribution is 2.35. The normalized spacial score (nSPS) is 14.8. The summed E-state index contributed by atoms with van der Waals surface area (Å²) in [6.45, 7) is 10.2. The number of benzene rings is 1. The van der Waals surface area contributed by atoms with Crippen LogP contribution in [0.15, 0.2) is 55.1 Å². The monoisotopic (exact) mass is 522 g/mol. The molecule has 6 rings (SSSR count). The van der Waals surface area contributed by atoms with Crippen molar-refractivity contribution in [2.75, 3.05) is 43.4 Å². The molecule has 200 valence electrons. The Morgan fingerprint density at radius 2 is 1.72 bits per heavy atom. The van der Waals surface area contributed by atoms with Crippen LogP contribution in [0.1, 0.15) is 27.2 Å². The number of hydrogen-bond acceptors (Lipinski definition) is 6. The second-order valence-corrected chi connectivity index (χ2v) is 11.7. The van der Waals surface area contributed by atoms with Crippen molar-refractivity contribution in [1.29, 1.82) is 0 Å². The van der Waals surface area contributed by atoms with Crippen LogP contribution < -0.4 is 10.2 Å². The van der Waals surface area contributed by atoms with E-state index in [4.69, 9.17) is 0 Å². The topological polar surface area (TPSA) is 106 Å². The molecule has 1 amide bonds. The Morgan fingerprint density at radius 1 is 0.923 bits per heavy atom. The van der Waals surface area contributed by atoms with E-state index in [-0.39, 0.29) is 11.3 Å². The number of pyridine rings is 2. The minimum absolute atomic E-state index is 0.0155. The molecule has 4 aromatic heterocycles. The summed E-state index contributed by atoms with van der Waals surface area (Å²) in [6.07, 6.45) is 7.79. The second-order valence-electron chi connectivity index (χ2n) is 11.7. The van der Waals surface area contributed by atoms with Gasteiger partial charge >= 0.3 is 0 Å². The first-order chi connectivity index (χ1) is 18.7. The van der Waals surface area contributed by atoms with E-state index in [0.717, 1.165) is 76.2 Å². The highest BCUT2D eigenvalue weighted by molar-refractivity contribution is 6.00. The Kier molecular flexibility index (Phi) is 6.31. The van der Waals surface area contributed by atoms with Crippen molar-refractivity contribution >= 4 is 39.1 Å². The minimum Gasteiger partial charge on any atom is -0.367 e. The van der Waals surface area contributed by atoms with Gasteiger partial charge in [0.1, 0.15) is 5.69 Å². The largest absolute Gasteiger partial charge is 0.367 e. The SMILES string of the molecule is CN1CCN(c2cncc3[nH]c(-c4n[nH]c5ccc(-c6cncc(NC(=O)CC(C)(C)C)c6)cc45)cc23)CC1. The molecule has 1 fully saturated rings. The summed E-state index contributed by atoms with van der Waals surface area (Å²) in [6, 6.07) is 10.3. The molecule has 9 heteroatoms. The van der Waals surface area contributed by atoms with Crippen molar-refractivity contribution in [3.05, 3.63) is 55.1 Å². The van der Waals surface area contributed by atoms with Gasteiger partial charge in [-0.3, -0.25) is 19.9 Å². The third-order valence-electron chi connectivity index (χ3n) is 7.23. The molecule has 0 atom stereocenters. The summed E-state index contributed by atoms with van der Waals surface area (Å²) in [4.78, 5) is 29.7. The van der Waals surface area contributed by atoms with E-state index < -0.39 is 0 Å². The number of H-pyrrole nitrogens is 2. The number of carbonyl (C=O) groups excluding carboxylic acids is 1. The number of anilines is 2. The molecule has 5 heterocycles. The summed E-state index contributed by atoms with van der Waals surface area (Å²) >= 11 is 0. The number of rotatable bonds is 5. The van der Waals surface area contributed by atoms with Crippen molar-refractivity contribution in [2.45, 2.75) is 27.2 Å². The predicted octanol–water partition coefficient (Wildman–Crippen LogP) is 5.29. The van der Waals surface area contributed by atoms with Crippen LogP contribution in [-0.4, -0.2) is 69.2 Å². The van der Waals surface area contributed by atoms with Gasteiger partial charge in [0.15, 0.2) is 0 Å². The number of aromatic amines is 2. The molecule has 0 bridgehead atoms. The fourth-order valence-corrected chi connectivity index (χ4v) is 5.22. The summed E-state index contributed by atoms with van der Waals surface area (Å²) in [5.41, 5.74) is 7.43. The number of amides is 1. The zero-order valence-electron chi connectivity index (χ0n) is 22.9. The van der Waals surface area contributed by atoms with Crippen LogP contribution in [0.3, 0.4) is 0 Å². The van der Waals surface area contributed by atoms with Crippen molar-refractivity contribution in [2.24, 2.45) is 5.41 Å². The van der Waals surface area contributed by atoms with E-state index in [1.807, 2.05) is 36.8 Å². The Labute approximate surface area is 227 Å². The predicted molar refractivity (Wildman–Crippen MR) is 157 cm³/mol. The maximum Gasteiger partial charge on any atom is 0.224 e. The van der Waals surface area contributed by atoms with Gasteiger partial charge in [0.05, 0.1) is 46.7 Å². The number of fused-ring (bicyclic) bond motifs is 2. The molecule has 1 aliphatic heterocycles. The van der Waals surface area contributed by atoms with Gasteiger partial charge in [0.2, 0.25) is 5.91 Å². The van der Waals surface area contributed by atoms with E-state index in [1.165, 1.54) is 0 Å². The van der Waals surface area contributed by atoms with E-state index >= 15 is 0 Å². The maximum absolute atomic E-state index is 12.5. The number of likely N-dealkylation sites (N-methyl/N-ethyl adjacent to an activating group) is 1. The molecule has 0 spiro atoms. The number of hydrogen-bond donors (Lipinski definition) is 3. The lowest BCUT2D eigenvalue weighted by Crippen LogP contribution is -2.44. The molecule has 1 aromatic carbocycles. The highest BCUT2D eigenvalue weighted by atomic mass is 16.1. The van der Waals surface area contributed by atoms with Crippen LogP contribution in [-0.2, 0) is 4.79 Å². The fourth-order valence-electron chi connectivity index (χ4n) is 5.22. The average molecular weight is 523 g/mol. The lowest BCUT2D eigenvalue weighted by atomic mass is 9.92. The number of nitrogens with zero attached hydrogens (tertiary/aromatic N) is 5. The van der Waals surface area contributed by atoms with Crippen LogP contribution in [0.4, 0.5) is 11.4 Å². The standard InChI is InChI=1S/C30H34N8O/c1-30(2,3)14-28(39)33-21-11-20(15-31-16-21)19-5-6-24-23(12-19)29(36-35-24)25-13-22-26(34-25)17-32-18-27(22)38-9-7-37(4)8-10-38/h5-6,11-13,15-18,34H,7-10,14H2,1-4H3,(H,33,39)(H,35,36). The summed E-state index contributed by atoms with van der Waals surface area (Å²) < 4.78 is 0. The van der Waals surface area contributed by atoms with Gasteiger partial charge < -0.3 is 20.1 Å². The molecular formula is C30H34N8O. The molecule has 1 saturated heterocycles. The molecule has 0 unspecified atom stereocenters. The van der Waals surface area contributed by atoms with Gasteiger partial charge in [-0.15, -0.1) is 0 Å². The van der Waals surface area contributed by atoms with Crippen LogP contribution >= 0.6 is 0 Å². The van der Waals surface area contributed by atoms with Crippen LogP contribution in [0, 0.1) is 5.41 Å². The molecule has 0 aliphatic carbocycles. The third-order valence-corrected chi connectivity index (χ3v) is 7.23. The number of nitrogens with one attached hydrogen (secondary N) is 3. The van der Waals surface area contributed by atoms with Crippen molar-refractivity contribution in [3.8, 4) is 22.5 Å². The molecule has 39 heavy (non-hydrogen) atoms. The molecular weight excluding hydrogens is 488 g/mol. The Balaban J connectivity index is 1.32. The zero-order valence-corrected chi connectivity index (χ0v) is 22.9. The Morgan fingerprint density at radius 3 is 2.51 bits per heavy atom. The smallest absolute Gasteiger partial charge is 0.224 e. The first kappa shape index (κ1) is 25.1. The van der Waals surface area contributed by atoms with Gasteiger partial charge in [-0.05, 0) is 42.3 Å². The Bertz CT molecular complexity index is 1650. The molecule has 0 radical (unpaired) electrons. The number of piperazine rings is 1. The first-order valence-corrected chi connectivity index (χ1v) is 13.4. The van der Waals surface area contributed by atoms with Gasteiger partial charge in [0, 0.05) is 55.1 Å². The van der Waals surface area contributed by atoms with Crippen molar-refractivity contribution in [3.63, 3.8) is 0 Å². The van der Waals surface area contributed by atoms with Crippen molar-refractivity contribution in [1.82, 2.24) is 30.0 Å². The van der Waals surface area contributed by atoms with Crippen molar-refractivity contribution < 1.29 is 4.79 Å². The summed E-state index contributed by atoms with van der Waals surface area (Å²) in [5.74, 6) is -0.0155. The number of aromatic nitrogens is 5. The van der Waals surface area contributed by atoms with Gasteiger partial charge in [0.25, 0.3) is 0 Å². The third kappa shape index (κ3) is 5.22. The second kappa shape index (κ2) is 9.81. The zero-order chi connectivity index (χ0) is 27.1. The summed E-state index contributed by atoms with van der Waals surface area (Å²) in [7, 11) is 2.16. The Hall–Kier alpha value is -4.24. The van der Waals surface area contributed by atoms with E-state index in [0.29, 0.717) is 12.1 Å². The van der Waals surface area contributed by atoms with Crippen LogP contribution in [0.5, 0.6) is 0 Å². The molecule has 9 nitrogen and oxygen atoms in total. The van der Waals surface area contributed by atoms with Gasteiger partial charge in [-0.25, -0.2) is 0 Å². The fraction of sp³-hybridized carbons (Fsp3) is 0.333. The number of carbonyl (C=O) groups is 1. The van der Waals surface area contributed by atoms with Crippen LogP contribution in [0.2, 0.25) is 0 Å². The minimum atomic E-state index is -0.0816. The maximum atomic E-state index is 12.5. The lowest BCUT2D eigenvalue weighted by Gasteiger charge is -2.34. The molecule has 0 saturated carbocycles. The van der Waals surface area contributed by atoms with E-state index in [2.05, 4.69) is 80.2 Å².